The lowest BCUT2D eigenvalue weighted by Crippen LogP contribution is -2.49. The van der Waals surface area contributed by atoms with Crippen molar-refractivity contribution in [2.45, 2.75) is 58.0 Å². The van der Waals surface area contributed by atoms with Crippen LogP contribution in [0, 0.1) is 0 Å². The summed E-state index contributed by atoms with van der Waals surface area (Å²) in [6.45, 7) is 10.3. The van der Waals surface area contributed by atoms with Gasteiger partial charge < -0.3 is 10.1 Å². The van der Waals surface area contributed by atoms with E-state index in [2.05, 4.69) is 24.1 Å². The third-order valence-corrected chi connectivity index (χ3v) is 4.04. The van der Waals surface area contributed by atoms with Crippen LogP contribution in [-0.2, 0) is 4.74 Å². The molecule has 0 amide bonds. The fraction of sp³-hybridized carbons (Fsp3) is 1.00. The molecule has 0 aromatic carbocycles. The first-order chi connectivity index (χ1) is 8.70. The molecule has 0 aromatic rings. The van der Waals surface area contributed by atoms with E-state index in [0.717, 1.165) is 19.6 Å². The van der Waals surface area contributed by atoms with Crippen LogP contribution in [-0.4, -0.2) is 50.3 Å². The summed E-state index contributed by atoms with van der Waals surface area (Å²) in [7, 11) is 1.84. The molecule has 0 aliphatic carbocycles. The Morgan fingerprint density at radius 2 is 2.06 bits per heavy atom. The minimum absolute atomic E-state index is 0.0827. The van der Waals surface area contributed by atoms with Crippen LogP contribution in [0.1, 0.15) is 52.4 Å². The number of likely N-dealkylation sites (tertiary alicyclic amines) is 1. The highest BCUT2D eigenvalue weighted by Gasteiger charge is 2.30. The van der Waals surface area contributed by atoms with E-state index in [1.54, 1.807) is 0 Å². The average Bonchev–Trinajstić information content (AvgIpc) is 2.38. The maximum Gasteiger partial charge on any atom is 0.0777 e. The topological polar surface area (TPSA) is 24.5 Å². The number of rotatable bonds is 9. The van der Waals surface area contributed by atoms with Gasteiger partial charge in [0, 0.05) is 26.7 Å². The van der Waals surface area contributed by atoms with E-state index in [1.165, 1.54) is 51.6 Å². The van der Waals surface area contributed by atoms with Gasteiger partial charge in [-0.25, -0.2) is 0 Å². The zero-order valence-electron chi connectivity index (χ0n) is 12.6. The minimum Gasteiger partial charge on any atom is -0.377 e. The maximum atomic E-state index is 5.62. The van der Waals surface area contributed by atoms with Gasteiger partial charge >= 0.3 is 0 Å². The Bertz CT molecular complexity index is 211. The lowest BCUT2D eigenvalue weighted by molar-refractivity contribution is -0.0502. The maximum absolute atomic E-state index is 5.62. The van der Waals surface area contributed by atoms with E-state index in [0.29, 0.717) is 0 Å². The lowest BCUT2D eigenvalue weighted by Gasteiger charge is -2.39. The van der Waals surface area contributed by atoms with Crippen LogP contribution >= 0.6 is 0 Å². The van der Waals surface area contributed by atoms with Crippen molar-refractivity contribution < 1.29 is 4.74 Å². The smallest absolute Gasteiger partial charge is 0.0777 e. The van der Waals surface area contributed by atoms with Crippen molar-refractivity contribution in [2.24, 2.45) is 0 Å². The fourth-order valence-corrected chi connectivity index (χ4v) is 2.70. The first-order valence-corrected chi connectivity index (χ1v) is 7.68. The van der Waals surface area contributed by atoms with Gasteiger partial charge in [-0.1, -0.05) is 26.2 Å². The standard InChI is InChI=1S/C15H32N2O/c1-4-5-6-7-10-16-11-13-17-12-8-9-15(2,14-17)18-3/h16H,4-14H2,1-3H3. The molecule has 1 fully saturated rings. The van der Waals surface area contributed by atoms with Crippen molar-refractivity contribution in [3.05, 3.63) is 0 Å². The molecule has 1 heterocycles. The summed E-state index contributed by atoms with van der Waals surface area (Å²) < 4.78 is 5.62. The van der Waals surface area contributed by atoms with Crippen LogP contribution in [0.5, 0.6) is 0 Å². The van der Waals surface area contributed by atoms with E-state index in [4.69, 9.17) is 4.74 Å². The summed E-state index contributed by atoms with van der Waals surface area (Å²) in [6.07, 6.45) is 7.85. The molecule has 1 rings (SSSR count). The number of nitrogens with one attached hydrogen (secondary N) is 1. The monoisotopic (exact) mass is 256 g/mol. The first kappa shape index (κ1) is 15.9. The molecule has 108 valence electrons. The van der Waals surface area contributed by atoms with Crippen LogP contribution in [0.15, 0.2) is 0 Å². The van der Waals surface area contributed by atoms with Crippen molar-refractivity contribution in [2.75, 3.05) is 39.8 Å². The number of nitrogens with zero attached hydrogens (tertiary/aromatic N) is 1. The molecule has 1 unspecified atom stereocenters. The molecule has 1 atom stereocenters. The largest absolute Gasteiger partial charge is 0.377 e. The normalized spacial score (nSPS) is 25.5. The predicted molar refractivity (Wildman–Crippen MR) is 78.1 cm³/mol. The van der Waals surface area contributed by atoms with Gasteiger partial charge in [-0.15, -0.1) is 0 Å². The van der Waals surface area contributed by atoms with Crippen molar-refractivity contribution >= 4 is 0 Å². The van der Waals surface area contributed by atoms with Crippen LogP contribution in [0.4, 0.5) is 0 Å². The summed E-state index contributed by atoms with van der Waals surface area (Å²) in [6, 6.07) is 0. The summed E-state index contributed by atoms with van der Waals surface area (Å²) in [5.41, 5.74) is 0.0827. The Hall–Kier alpha value is -0.120. The van der Waals surface area contributed by atoms with Crippen LogP contribution < -0.4 is 5.32 Å². The van der Waals surface area contributed by atoms with E-state index in [1.807, 2.05) is 7.11 Å². The average molecular weight is 256 g/mol. The van der Waals surface area contributed by atoms with E-state index in [-0.39, 0.29) is 5.60 Å². The zero-order valence-corrected chi connectivity index (χ0v) is 12.6. The molecule has 0 bridgehead atoms. The molecule has 1 N–H and O–H groups in total. The molecular formula is C15H32N2O. The molecule has 1 aliphatic rings. The molecule has 0 spiro atoms. The lowest BCUT2D eigenvalue weighted by atomic mass is 9.95. The second-order valence-electron chi connectivity index (χ2n) is 5.84. The SMILES string of the molecule is CCCCCCNCCN1CCCC(C)(OC)C1. The third kappa shape index (κ3) is 6.17. The number of piperidine rings is 1. The molecule has 1 aliphatic heterocycles. The zero-order chi connectivity index (χ0) is 13.3. The van der Waals surface area contributed by atoms with Gasteiger partial charge in [-0.2, -0.15) is 0 Å². The molecule has 0 aromatic heterocycles. The van der Waals surface area contributed by atoms with Gasteiger partial charge in [0.15, 0.2) is 0 Å². The highest BCUT2D eigenvalue weighted by atomic mass is 16.5. The minimum atomic E-state index is 0.0827. The van der Waals surface area contributed by atoms with E-state index < -0.39 is 0 Å². The van der Waals surface area contributed by atoms with Gasteiger partial charge in [0.25, 0.3) is 0 Å². The summed E-state index contributed by atoms with van der Waals surface area (Å²) in [4.78, 5) is 2.53. The molecule has 3 heteroatoms. The summed E-state index contributed by atoms with van der Waals surface area (Å²) in [5.74, 6) is 0. The van der Waals surface area contributed by atoms with Gasteiger partial charge in [0.1, 0.15) is 0 Å². The Morgan fingerprint density at radius 3 is 2.78 bits per heavy atom. The number of methoxy groups -OCH3 is 1. The molecule has 18 heavy (non-hydrogen) atoms. The Kier molecular flexibility index (Phi) is 7.87. The molecule has 1 saturated heterocycles. The quantitative estimate of drug-likeness (QED) is 0.642. The van der Waals surface area contributed by atoms with Gasteiger partial charge in [0.05, 0.1) is 5.60 Å². The van der Waals surface area contributed by atoms with Crippen LogP contribution in [0.2, 0.25) is 0 Å². The molecule has 3 nitrogen and oxygen atoms in total. The number of ether oxygens (including phenoxy) is 1. The number of hydrogen-bond donors (Lipinski definition) is 1. The van der Waals surface area contributed by atoms with Crippen molar-refractivity contribution in [3.63, 3.8) is 0 Å². The first-order valence-electron chi connectivity index (χ1n) is 7.68. The molecule has 0 saturated carbocycles. The Labute approximate surface area is 113 Å². The predicted octanol–water partition coefficient (Wildman–Crippen LogP) is 2.66. The summed E-state index contributed by atoms with van der Waals surface area (Å²) in [5, 5.41) is 3.55. The number of hydrogen-bond acceptors (Lipinski definition) is 3. The summed E-state index contributed by atoms with van der Waals surface area (Å²) >= 11 is 0. The van der Waals surface area contributed by atoms with Crippen molar-refractivity contribution in [1.29, 1.82) is 0 Å². The Balaban J connectivity index is 2.01. The van der Waals surface area contributed by atoms with Crippen LogP contribution in [0.25, 0.3) is 0 Å². The fourth-order valence-electron chi connectivity index (χ4n) is 2.70. The highest BCUT2D eigenvalue weighted by Crippen LogP contribution is 2.23. The second-order valence-corrected chi connectivity index (χ2v) is 5.84. The molecular weight excluding hydrogens is 224 g/mol. The van der Waals surface area contributed by atoms with Crippen molar-refractivity contribution in [1.82, 2.24) is 10.2 Å². The molecule has 0 radical (unpaired) electrons. The van der Waals surface area contributed by atoms with Crippen molar-refractivity contribution in [3.8, 4) is 0 Å². The van der Waals surface area contributed by atoms with Gasteiger partial charge in [-0.3, -0.25) is 4.90 Å². The van der Waals surface area contributed by atoms with E-state index in [9.17, 15) is 0 Å². The van der Waals surface area contributed by atoms with Gasteiger partial charge in [0.2, 0.25) is 0 Å². The Morgan fingerprint density at radius 1 is 1.22 bits per heavy atom. The van der Waals surface area contributed by atoms with E-state index >= 15 is 0 Å². The highest BCUT2D eigenvalue weighted by molar-refractivity contribution is 4.84. The second kappa shape index (κ2) is 8.89. The van der Waals surface area contributed by atoms with Crippen LogP contribution in [0.3, 0.4) is 0 Å². The van der Waals surface area contributed by atoms with Gasteiger partial charge in [-0.05, 0) is 39.3 Å². The third-order valence-electron chi connectivity index (χ3n) is 4.04. The number of unbranched alkanes of at least 4 members (excludes halogenated alkanes) is 3.